The van der Waals surface area contributed by atoms with Gasteiger partial charge in [-0.05, 0) is 55.9 Å². The van der Waals surface area contributed by atoms with Crippen LogP contribution >= 0.6 is 0 Å². The third-order valence-corrected chi connectivity index (χ3v) is 4.46. The smallest absolute Gasteiger partial charge is 0.125 e. The molecule has 108 valence electrons. The summed E-state index contributed by atoms with van der Waals surface area (Å²) in [6.45, 7) is 2.25. The predicted molar refractivity (Wildman–Crippen MR) is 81.8 cm³/mol. The zero-order valence-corrected chi connectivity index (χ0v) is 12.5. The van der Waals surface area contributed by atoms with Crippen LogP contribution in [0.4, 0.5) is 5.69 Å². The standard InChI is InChI=1S/C17H24N2O/c1-3-14-5-4-11-17(13-18,12-10-14)19-15-6-8-16(20-2)9-7-15/h6-9,14,19H,3-5,10-12H2,1-2H3. The van der Waals surface area contributed by atoms with Crippen LogP contribution in [-0.4, -0.2) is 12.6 Å². The summed E-state index contributed by atoms with van der Waals surface area (Å²) >= 11 is 0. The van der Waals surface area contributed by atoms with E-state index in [-0.39, 0.29) is 0 Å². The van der Waals surface area contributed by atoms with Crippen LogP contribution in [0.3, 0.4) is 0 Å². The van der Waals surface area contributed by atoms with Crippen LogP contribution in [-0.2, 0) is 0 Å². The molecule has 1 aliphatic rings. The number of benzene rings is 1. The number of ether oxygens (including phenoxy) is 1. The van der Waals surface area contributed by atoms with Crippen LogP contribution in [0.15, 0.2) is 24.3 Å². The Morgan fingerprint density at radius 1 is 1.30 bits per heavy atom. The minimum atomic E-state index is -0.404. The Hall–Kier alpha value is -1.69. The van der Waals surface area contributed by atoms with E-state index in [2.05, 4.69) is 18.3 Å². The molecule has 0 aliphatic heterocycles. The summed E-state index contributed by atoms with van der Waals surface area (Å²) in [5, 5.41) is 13.1. The third kappa shape index (κ3) is 3.45. The summed E-state index contributed by atoms with van der Waals surface area (Å²) in [6, 6.07) is 10.4. The van der Waals surface area contributed by atoms with Gasteiger partial charge < -0.3 is 10.1 Å². The molecular weight excluding hydrogens is 248 g/mol. The van der Waals surface area contributed by atoms with Crippen molar-refractivity contribution in [1.82, 2.24) is 0 Å². The van der Waals surface area contributed by atoms with Gasteiger partial charge in [-0.2, -0.15) is 5.26 Å². The van der Waals surface area contributed by atoms with Crippen molar-refractivity contribution in [3.05, 3.63) is 24.3 Å². The average molecular weight is 272 g/mol. The molecule has 1 aliphatic carbocycles. The lowest BCUT2D eigenvalue weighted by atomic mass is 9.90. The van der Waals surface area contributed by atoms with Gasteiger partial charge in [0.05, 0.1) is 13.2 Å². The molecule has 2 rings (SSSR count). The van der Waals surface area contributed by atoms with Crippen molar-refractivity contribution >= 4 is 5.69 Å². The predicted octanol–water partition coefficient (Wildman–Crippen LogP) is 4.36. The van der Waals surface area contributed by atoms with Crippen LogP contribution in [0.2, 0.25) is 0 Å². The summed E-state index contributed by atoms with van der Waals surface area (Å²) in [7, 11) is 1.66. The van der Waals surface area contributed by atoms with Crippen LogP contribution in [0.1, 0.15) is 45.4 Å². The quantitative estimate of drug-likeness (QED) is 0.828. The Kier molecular flexibility index (Phi) is 4.89. The van der Waals surface area contributed by atoms with E-state index in [1.54, 1.807) is 7.11 Å². The summed E-state index contributed by atoms with van der Waals surface area (Å²) < 4.78 is 5.17. The van der Waals surface area contributed by atoms with E-state index in [4.69, 9.17) is 4.74 Å². The lowest BCUT2D eigenvalue weighted by molar-refractivity contribution is 0.414. The molecule has 1 aromatic rings. The van der Waals surface area contributed by atoms with E-state index in [0.29, 0.717) is 0 Å². The molecule has 1 N–H and O–H groups in total. The minimum Gasteiger partial charge on any atom is -0.497 e. The number of hydrogen-bond donors (Lipinski definition) is 1. The highest BCUT2D eigenvalue weighted by molar-refractivity contribution is 5.50. The summed E-state index contributed by atoms with van der Waals surface area (Å²) in [4.78, 5) is 0. The van der Waals surface area contributed by atoms with Crippen molar-refractivity contribution in [3.8, 4) is 11.8 Å². The van der Waals surface area contributed by atoms with E-state index in [1.165, 1.54) is 12.8 Å². The monoisotopic (exact) mass is 272 g/mol. The number of anilines is 1. The summed E-state index contributed by atoms with van der Waals surface area (Å²) in [5.74, 6) is 1.62. The van der Waals surface area contributed by atoms with Gasteiger partial charge in [0.15, 0.2) is 0 Å². The van der Waals surface area contributed by atoms with Gasteiger partial charge in [0.25, 0.3) is 0 Å². The Balaban J connectivity index is 2.08. The lowest BCUT2D eigenvalue weighted by Gasteiger charge is -2.27. The van der Waals surface area contributed by atoms with Crippen LogP contribution in [0.5, 0.6) is 5.75 Å². The van der Waals surface area contributed by atoms with E-state index in [0.717, 1.165) is 43.0 Å². The zero-order chi connectivity index (χ0) is 14.4. The Labute approximate surface area is 121 Å². The first-order valence-corrected chi connectivity index (χ1v) is 7.55. The highest BCUT2D eigenvalue weighted by Gasteiger charge is 2.32. The maximum absolute atomic E-state index is 9.65. The van der Waals surface area contributed by atoms with Gasteiger partial charge in [-0.1, -0.05) is 19.8 Å². The molecule has 1 saturated carbocycles. The molecular formula is C17H24N2O. The number of nitriles is 1. The summed E-state index contributed by atoms with van der Waals surface area (Å²) in [5.41, 5.74) is 0.598. The molecule has 0 spiro atoms. The molecule has 2 unspecified atom stereocenters. The van der Waals surface area contributed by atoms with Gasteiger partial charge >= 0.3 is 0 Å². The Morgan fingerprint density at radius 2 is 2.05 bits per heavy atom. The number of nitrogens with zero attached hydrogens (tertiary/aromatic N) is 1. The number of methoxy groups -OCH3 is 1. The SMILES string of the molecule is CCC1CCCC(C#N)(Nc2ccc(OC)cc2)CC1. The molecule has 0 amide bonds. The number of nitrogens with one attached hydrogen (secondary N) is 1. The van der Waals surface area contributed by atoms with Crippen molar-refractivity contribution in [3.63, 3.8) is 0 Å². The highest BCUT2D eigenvalue weighted by Crippen LogP contribution is 2.34. The second-order valence-electron chi connectivity index (χ2n) is 5.75. The highest BCUT2D eigenvalue weighted by atomic mass is 16.5. The van der Waals surface area contributed by atoms with Gasteiger partial charge in [0.1, 0.15) is 11.3 Å². The maximum atomic E-state index is 9.65. The molecule has 0 saturated heterocycles. The molecule has 3 heteroatoms. The number of rotatable bonds is 4. The summed E-state index contributed by atoms with van der Waals surface area (Å²) in [6.07, 6.45) is 6.64. The van der Waals surface area contributed by atoms with E-state index < -0.39 is 5.54 Å². The fourth-order valence-corrected chi connectivity index (χ4v) is 3.04. The van der Waals surface area contributed by atoms with Crippen molar-refractivity contribution in [2.24, 2.45) is 5.92 Å². The second-order valence-corrected chi connectivity index (χ2v) is 5.75. The maximum Gasteiger partial charge on any atom is 0.125 e. The lowest BCUT2D eigenvalue weighted by Crippen LogP contribution is -2.36. The van der Waals surface area contributed by atoms with Gasteiger partial charge in [-0.15, -0.1) is 0 Å². The van der Waals surface area contributed by atoms with Crippen molar-refractivity contribution in [2.75, 3.05) is 12.4 Å². The first-order valence-electron chi connectivity index (χ1n) is 7.55. The fraction of sp³-hybridized carbons (Fsp3) is 0.588. The third-order valence-electron chi connectivity index (χ3n) is 4.46. The Morgan fingerprint density at radius 3 is 2.65 bits per heavy atom. The van der Waals surface area contributed by atoms with Gasteiger partial charge in [-0.25, -0.2) is 0 Å². The molecule has 2 atom stereocenters. The van der Waals surface area contributed by atoms with Gasteiger partial charge in [0.2, 0.25) is 0 Å². The normalized spacial score (nSPS) is 26.4. The largest absolute Gasteiger partial charge is 0.497 e. The Bertz CT molecular complexity index is 463. The molecule has 0 aromatic heterocycles. The van der Waals surface area contributed by atoms with Crippen molar-refractivity contribution < 1.29 is 4.74 Å². The van der Waals surface area contributed by atoms with Crippen LogP contribution in [0, 0.1) is 17.2 Å². The van der Waals surface area contributed by atoms with Gasteiger partial charge in [0, 0.05) is 5.69 Å². The molecule has 20 heavy (non-hydrogen) atoms. The van der Waals surface area contributed by atoms with E-state index in [9.17, 15) is 5.26 Å². The van der Waals surface area contributed by atoms with Crippen LogP contribution < -0.4 is 10.1 Å². The molecule has 0 heterocycles. The second kappa shape index (κ2) is 6.65. The number of hydrogen-bond acceptors (Lipinski definition) is 3. The molecule has 0 radical (unpaired) electrons. The van der Waals surface area contributed by atoms with E-state index >= 15 is 0 Å². The van der Waals surface area contributed by atoms with E-state index in [1.807, 2.05) is 24.3 Å². The first-order chi connectivity index (χ1) is 9.71. The van der Waals surface area contributed by atoms with Gasteiger partial charge in [-0.3, -0.25) is 0 Å². The molecule has 0 bridgehead atoms. The molecule has 1 aromatic carbocycles. The first kappa shape index (κ1) is 14.7. The fourth-order valence-electron chi connectivity index (χ4n) is 3.04. The average Bonchev–Trinajstić information content (AvgIpc) is 2.71. The topological polar surface area (TPSA) is 45.0 Å². The van der Waals surface area contributed by atoms with Crippen LogP contribution in [0.25, 0.3) is 0 Å². The molecule has 1 fully saturated rings. The molecule has 3 nitrogen and oxygen atoms in total. The van der Waals surface area contributed by atoms with Crippen molar-refractivity contribution in [2.45, 2.75) is 51.0 Å². The minimum absolute atomic E-state index is 0.404. The van der Waals surface area contributed by atoms with Crippen molar-refractivity contribution in [1.29, 1.82) is 5.26 Å². The zero-order valence-electron chi connectivity index (χ0n) is 12.5.